The van der Waals surface area contributed by atoms with Crippen LogP contribution < -0.4 is 5.32 Å². The highest BCUT2D eigenvalue weighted by molar-refractivity contribution is 4.59. The maximum absolute atomic E-state index is 5.22. The van der Waals surface area contributed by atoms with Gasteiger partial charge in [0.25, 0.3) is 0 Å². The van der Waals surface area contributed by atoms with Crippen molar-refractivity contribution in [2.45, 2.75) is 51.6 Å². The van der Waals surface area contributed by atoms with Crippen LogP contribution in [0.3, 0.4) is 0 Å². The van der Waals surface area contributed by atoms with E-state index in [1.165, 1.54) is 38.5 Å². The number of nitrogens with one attached hydrogen (secondary N) is 1. The Bertz CT molecular complexity index is 95.1. The summed E-state index contributed by atoms with van der Waals surface area (Å²) in [6.45, 7) is 4.98. The zero-order chi connectivity index (χ0) is 9.36. The summed E-state index contributed by atoms with van der Waals surface area (Å²) >= 11 is 0. The summed E-state index contributed by atoms with van der Waals surface area (Å²) in [4.78, 5) is 0. The van der Waals surface area contributed by atoms with Crippen molar-refractivity contribution < 1.29 is 4.74 Å². The molecule has 1 saturated carbocycles. The van der Waals surface area contributed by atoms with Crippen LogP contribution in [0.25, 0.3) is 0 Å². The zero-order valence-electron chi connectivity index (χ0n) is 8.85. The van der Waals surface area contributed by atoms with Crippen LogP contribution in [0.5, 0.6) is 0 Å². The molecule has 2 aliphatic rings. The Labute approximate surface area is 82.0 Å². The van der Waals surface area contributed by atoms with Gasteiger partial charge in [-0.25, -0.2) is 0 Å². The molecule has 1 aliphatic carbocycles. The lowest BCUT2D eigenvalue weighted by atomic mass is 10.0. The van der Waals surface area contributed by atoms with Crippen molar-refractivity contribution in [1.82, 2.24) is 5.32 Å². The molecule has 0 bridgehead atoms. The first-order valence-electron chi connectivity index (χ1n) is 5.72. The third-order valence-electron chi connectivity index (χ3n) is 2.61. The molecule has 0 spiro atoms. The van der Waals surface area contributed by atoms with E-state index in [4.69, 9.17) is 4.74 Å². The Morgan fingerprint density at radius 2 is 1.54 bits per heavy atom. The highest BCUT2D eigenvalue weighted by Gasteiger charge is 2.04. The van der Waals surface area contributed by atoms with Gasteiger partial charge in [0.15, 0.2) is 0 Å². The van der Waals surface area contributed by atoms with Crippen molar-refractivity contribution in [3.05, 3.63) is 0 Å². The number of rotatable bonds is 0. The van der Waals surface area contributed by atoms with E-state index in [-0.39, 0.29) is 0 Å². The van der Waals surface area contributed by atoms with Crippen LogP contribution in [-0.2, 0) is 4.74 Å². The first-order valence-corrected chi connectivity index (χ1v) is 5.72. The molecule has 78 valence electrons. The molecule has 1 saturated heterocycles. The third kappa shape index (κ3) is 6.05. The van der Waals surface area contributed by atoms with Gasteiger partial charge >= 0.3 is 0 Å². The molecule has 2 fully saturated rings. The fourth-order valence-electron chi connectivity index (χ4n) is 1.76. The van der Waals surface area contributed by atoms with Crippen LogP contribution in [0.15, 0.2) is 0 Å². The fraction of sp³-hybridized carbons (Fsp3) is 1.00. The van der Waals surface area contributed by atoms with Crippen LogP contribution in [-0.4, -0.2) is 25.8 Å². The van der Waals surface area contributed by atoms with E-state index in [2.05, 4.69) is 12.2 Å². The molecular formula is C11H23NO. The Balaban J connectivity index is 0.000000132. The van der Waals surface area contributed by atoms with Crippen molar-refractivity contribution >= 4 is 0 Å². The zero-order valence-corrected chi connectivity index (χ0v) is 8.85. The van der Waals surface area contributed by atoms with Crippen molar-refractivity contribution in [1.29, 1.82) is 0 Å². The van der Waals surface area contributed by atoms with Gasteiger partial charge < -0.3 is 10.1 Å². The second kappa shape index (κ2) is 7.34. The second-order valence-electron chi connectivity index (χ2n) is 4.01. The fourth-order valence-corrected chi connectivity index (χ4v) is 1.76. The van der Waals surface area contributed by atoms with Gasteiger partial charge in [-0.1, -0.05) is 38.5 Å². The molecule has 0 aromatic carbocycles. The molecule has 1 aliphatic heterocycles. The predicted molar refractivity (Wildman–Crippen MR) is 56.0 cm³/mol. The van der Waals surface area contributed by atoms with E-state index in [9.17, 15) is 0 Å². The van der Waals surface area contributed by atoms with Crippen molar-refractivity contribution in [2.75, 3.05) is 19.7 Å². The summed E-state index contributed by atoms with van der Waals surface area (Å²) in [7, 11) is 0. The molecule has 1 unspecified atom stereocenters. The van der Waals surface area contributed by atoms with Gasteiger partial charge in [-0.15, -0.1) is 0 Å². The van der Waals surface area contributed by atoms with Gasteiger partial charge in [0.05, 0.1) is 12.7 Å². The van der Waals surface area contributed by atoms with Gasteiger partial charge in [0.1, 0.15) is 0 Å². The van der Waals surface area contributed by atoms with E-state index >= 15 is 0 Å². The lowest BCUT2D eigenvalue weighted by molar-refractivity contribution is 0.0410. The molecule has 1 N–H and O–H groups in total. The quantitative estimate of drug-likeness (QED) is 0.625. The summed E-state index contributed by atoms with van der Waals surface area (Å²) < 4.78 is 5.22. The summed E-state index contributed by atoms with van der Waals surface area (Å²) in [5.74, 6) is 0. The van der Waals surface area contributed by atoms with Gasteiger partial charge in [-0.3, -0.25) is 0 Å². The number of hydrogen-bond donors (Lipinski definition) is 1. The first kappa shape index (κ1) is 11.0. The molecule has 2 nitrogen and oxygen atoms in total. The number of ether oxygens (including phenoxy) is 1. The topological polar surface area (TPSA) is 21.3 Å². The number of hydrogen-bond acceptors (Lipinski definition) is 2. The Morgan fingerprint density at radius 3 is 1.77 bits per heavy atom. The molecule has 0 aromatic heterocycles. The van der Waals surface area contributed by atoms with Crippen LogP contribution in [0.4, 0.5) is 0 Å². The highest BCUT2D eigenvalue weighted by atomic mass is 16.5. The Hall–Kier alpha value is -0.0800. The van der Waals surface area contributed by atoms with E-state index in [1.54, 1.807) is 0 Å². The molecule has 1 atom stereocenters. The average molecular weight is 185 g/mol. The summed E-state index contributed by atoms with van der Waals surface area (Å²) in [6, 6.07) is 0. The van der Waals surface area contributed by atoms with Crippen LogP contribution >= 0.6 is 0 Å². The largest absolute Gasteiger partial charge is 0.376 e. The number of morpholine rings is 1. The minimum Gasteiger partial charge on any atom is -0.376 e. The van der Waals surface area contributed by atoms with E-state index in [1.807, 2.05) is 0 Å². The lowest BCUT2D eigenvalue weighted by Gasteiger charge is -2.18. The molecule has 0 aromatic rings. The monoisotopic (exact) mass is 185 g/mol. The molecule has 1 heterocycles. The van der Waals surface area contributed by atoms with E-state index in [0.29, 0.717) is 6.10 Å². The second-order valence-corrected chi connectivity index (χ2v) is 4.01. The molecule has 13 heavy (non-hydrogen) atoms. The van der Waals surface area contributed by atoms with Crippen LogP contribution in [0, 0.1) is 0 Å². The van der Waals surface area contributed by atoms with Gasteiger partial charge in [-0.05, 0) is 6.92 Å². The third-order valence-corrected chi connectivity index (χ3v) is 2.61. The average Bonchev–Trinajstić information content (AvgIpc) is 2.22. The van der Waals surface area contributed by atoms with E-state index < -0.39 is 0 Å². The Morgan fingerprint density at radius 1 is 1.00 bits per heavy atom. The highest BCUT2D eigenvalue weighted by Crippen LogP contribution is 2.15. The van der Waals surface area contributed by atoms with Crippen molar-refractivity contribution in [2.24, 2.45) is 0 Å². The minimum absolute atomic E-state index is 0.425. The lowest BCUT2D eigenvalue weighted by Crippen LogP contribution is -2.36. The maximum Gasteiger partial charge on any atom is 0.0672 e. The van der Waals surface area contributed by atoms with Crippen molar-refractivity contribution in [3.63, 3.8) is 0 Å². The smallest absolute Gasteiger partial charge is 0.0672 e. The molecule has 0 radical (unpaired) electrons. The van der Waals surface area contributed by atoms with Gasteiger partial charge in [-0.2, -0.15) is 0 Å². The molecular weight excluding hydrogens is 162 g/mol. The SMILES string of the molecule is C1CCCCC1.CC1CNCCO1. The van der Waals surface area contributed by atoms with Gasteiger partial charge in [0.2, 0.25) is 0 Å². The standard InChI is InChI=1S/C6H12.C5H11NO/c1-2-4-6-5-3-1;1-5-4-6-2-3-7-5/h1-6H2;5-6H,2-4H2,1H3. The first-order chi connectivity index (χ1) is 6.39. The molecule has 0 amide bonds. The van der Waals surface area contributed by atoms with E-state index in [0.717, 1.165) is 19.7 Å². The van der Waals surface area contributed by atoms with Gasteiger partial charge in [0, 0.05) is 13.1 Å². The summed E-state index contributed by atoms with van der Waals surface area (Å²) in [6.07, 6.45) is 9.42. The summed E-state index contributed by atoms with van der Waals surface area (Å²) in [5.41, 5.74) is 0. The molecule has 2 heteroatoms. The van der Waals surface area contributed by atoms with Crippen LogP contribution in [0.1, 0.15) is 45.4 Å². The Kier molecular flexibility index (Phi) is 6.21. The minimum atomic E-state index is 0.425. The predicted octanol–water partition coefficient (Wildman–Crippen LogP) is 2.34. The maximum atomic E-state index is 5.22. The normalized spacial score (nSPS) is 28.8. The summed E-state index contributed by atoms with van der Waals surface area (Å²) in [5, 5.41) is 3.21. The van der Waals surface area contributed by atoms with Crippen molar-refractivity contribution in [3.8, 4) is 0 Å². The van der Waals surface area contributed by atoms with Crippen LogP contribution in [0.2, 0.25) is 0 Å². The molecule has 2 rings (SSSR count).